The van der Waals surface area contributed by atoms with Crippen LogP contribution in [0.5, 0.6) is 0 Å². The van der Waals surface area contributed by atoms with E-state index in [0.29, 0.717) is 0 Å². The van der Waals surface area contributed by atoms with E-state index in [1.165, 1.54) is 36.1 Å². The first-order chi connectivity index (χ1) is 9.20. The van der Waals surface area contributed by atoms with E-state index >= 15 is 0 Å². The number of benzene rings is 1. The van der Waals surface area contributed by atoms with Crippen LogP contribution >= 0.6 is 0 Å². The van der Waals surface area contributed by atoms with E-state index in [1.807, 2.05) is 0 Å². The molecule has 1 aromatic rings. The van der Waals surface area contributed by atoms with Crippen LogP contribution in [0.25, 0.3) is 6.08 Å². The van der Waals surface area contributed by atoms with Crippen LogP contribution in [0.4, 0.5) is 0 Å². The van der Waals surface area contributed by atoms with Crippen molar-refractivity contribution in [2.24, 2.45) is 5.92 Å². The fourth-order valence-electron chi connectivity index (χ4n) is 2.45. The molecule has 0 spiro atoms. The Kier molecular flexibility index (Phi) is 4.84. The Balaban J connectivity index is 1.99. The highest BCUT2D eigenvalue weighted by Crippen LogP contribution is 2.37. The SMILES string of the molecule is C=C(C1CC1)N(CCC)C/C(C)=C\c1ccccc1. The molecule has 1 aliphatic rings. The summed E-state index contributed by atoms with van der Waals surface area (Å²) in [6, 6.07) is 10.6. The highest BCUT2D eigenvalue weighted by Gasteiger charge is 2.27. The summed E-state index contributed by atoms with van der Waals surface area (Å²) >= 11 is 0. The third-order valence-corrected chi connectivity index (χ3v) is 3.60. The topological polar surface area (TPSA) is 3.24 Å². The minimum Gasteiger partial charge on any atom is -0.371 e. The Morgan fingerprint density at radius 2 is 2.00 bits per heavy atom. The van der Waals surface area contributed by atoms with Gasteiger partial charge < -0.3 is 4.90 Å². The van der Waals surface area contributed by atoms with Crippen LogP contribution in [0.2, 0.25) is 0 Å². The zero-order chi connectivity index (χ0) is 13.7. The molecule has 1 fully saturated rings. The van der Waals surface area contributed by atoms with Crippen molar-refractivity contribution in [1.82, 2.24) is 4.90 Å². The van der Waals surface area contributed by atoms with Gasteiger partial charge in [-0.2, -0.15) is 0 Å². The first kappa shape index (κ1) is 13.9. The van der Waals surface area contributed by atoms with Crippen LogP contribution in [0.3, 0.4) is 0 Å². The maximum Gasteiger partial charge on any atom is 0.0386 e. The molecule has 19 heavy (non-hydrogen) atoms. The number of allylic oxidation sites excluding steroid dienone is 1. The quantitative estimate of drug-likeness (QED) is 0.681. The Morgan fingerprint density at radius 1 is 1.32 bits per heavy atom. The highest BCUT2D eigenvalue weighted by atomic mass is 15.1. The summed E-state index contributed by atoms with van der Waals surface area (Å²) in [7, 11) is 0. The molecule has 0 radical (unpaired) electrons. The standard InChI is InChI=1S/C18H25N/c1-4-12-19(16(3)18-10-11-18)14-15(2)13-17-8-6-5-7-9-17/h5-9,13,18H,3-4,10-12,14H2,1-2H3/b15-13-. The molecule has 0 saturated heterocycles. The van der Waals surface area contributed by atoms with Crippen molar-refractivity contribution in [2.75, 3.05) is 13.1 Å². The van der Waals surface area contributed by atoms with Crippen LogP contribution in [-0.2, 0) is 0 Å². The van der Waals surface area contributed by atoms with Crippen LogP contribution in [-0.4, -0.2) is 18.0 Å². The van der Waals surface area contributed by atoms with Crippen molar-refractivity contribution in [3.8, 4) is 0 Å². The minimum atomic E-state index is 0.760. The number of hydrogen-bond donors (Lipinski definition) is 0. The van der Waals surface area contributed by atoms with Gasteiger partial charge in [0.15, 0.2) is 0 Å². The van der Waals surface area contributed by atoms with E-state index in [1.54, 1.807) is 0 Å². The number of rotatable bonds is 7. The van der Waals surface area contributed by atoms with E-state index in [9.17, 15) is 0 Å². The molecule has 0 heterocycles. The van der Waals surface area contributed by atoms with E-state index in [0.717, 1.165) is 19.0 Å². The first-order valence-electron chi connectivity index (χ1n) is 7.36. The molecule has 0 N–H and O–H groups in total. The highest BCUT2D eigenvalue weighted by molar-refractivity contribution is 5.52. The normalized spacial score (nSPS) is 15.4. The maximum atomic E-state index is 4.29. The molecule has 0 atom stereocenters. The predicted molar refractivity (Wildman–Crippen MR) is 83.8 cm³/mol. The number of hydrogen-bond acceptors (Lipinski definition) is 1. The van der Waals surface area contributed by atoms with Crippen LogP contribution < -0.4 is 0 Å². The molecule has 1 saturated carbocycles. The van der Waals surface area contributed by atoms with E-state index in [2.05, 4.69) is 61.7 Å². The zero-order valence-corrected chi connectivity index (χ0v) is 12.2. The molecule has 0 aromatic heterocycles. The molecule has 102 valence electrons. The third kappa shape index (κ3) is 4.27. The van der Waals surface area contributed by atoms with E-state index in [-0.39, 0.29) is 0 Å². The second kappa shape index (κ2) is 6.60. The Labute approximate surface area is 117 Å². The second-order valence-electron chi connectivity index (χ2n) is 5.59. The number of nitrogens with zero attached hydrogens (tertiary/aromatic N) is 1. The second-order valence-corrected chi connectivity index (χ2v) is 5.59. The van der Waals surface area contributed by atoms with Crippen molar-refractivity contribution in [2.45, 2.75) is 33.1 Å². The van der Waals surface area contributed by atoms with Crippen molar-refractivity contribution >= 4 is 6.08 Å². The predicted octanol–water partition coefficient (Wildman–Crippen LogP) is 4.73. The molecule has 1 aromatic carbocycles. The molecule has 1 nitrogen and oxygen atoms in total. The van der Waals surface area contributed by atoms with Gasteiger partial charge in [0, 0.05) is 18.8 Å². The van der Waals surface area contributed by atoms with Gasteiger partial charge in [-0.05, 0) is 37.7 Å². The molecule has 2 rings (SSSR count). The lowest BCUT2D eigenvalue weighted by atomic mass is 10.1. The van der Waals surface area contributed by atoms with Gasteiger partial charge >= 0.3 is 0 Å². The lowest BCUT2D eigenvalue weighted by Crippen LogP contribution is -2.26. The van der Waals surface area contributed by atoms with Crippen LogP contribution in [0.1, 0.15) is 38.7 Å². The summed E-state index contributed by atoms with van der Waals surface area (Å²) in [5, 5.41) is 0. The molecule has 0 amide bonds. The van der Waals surface area contributed by atoms with Gasteiger partial charge in [0.2, 0.25) is 0 Å². The molecule has 0 aliphatic heterocycles. The van der Waals surface area contributed by atoms with Crippen molar-refractivity contribution < 1.29 is 0 Å². The van der Waals surface area contributed by atoms with Gasteiger partial charge in [0.05, 0.1) is 0 Å². The van der Waals surface area contributed by atoms with Gasteiger partial charge in [-0.3, -0.25) is 0 Å². The minimum absolute atomic E-state index is 0.760. The summed E-state index contributed by atoms with van der Waals surface area (Å²) in [4.78, 5) is 2.46. The fourth-order valence-corrected chi connectivity index (χ4v) is 2.45. The van der Waals surface area contributed by atoms with Crippen LogP contribution in [0, 0.1) is 5.92 Å². The summed E-state index contributed by atoms with van der Waals surface area (Å²) in [6.45, 7) is 10.9. The summed E-state index contributed by atoms with van der Waals surface area (Å²) < 4.78 is 0. The smallest absolute Gasteiger partial charge is 0.0386 e. The van der Waals surface area contributed by atoms with E-state index < -0.39 is 0 Å². The first-order valence-corrected chi connectivity index (χ1v) is 7.36. The van der Waals surface area contributed by atoms with Gasteiger partial charge in [-0.15, -0.1) is 0 Å². The Bertz CT molecular complexity index is 440. The third-order valence-electron chi connectivity index (χ3n) is 3.60. The molecular formula is C18H25N. The van der Waals surface area contributed by atoms with Gasteiger partial charge in [-0.25, -0.2) is 0 Å². The Hall–Kier alpha value is -1.50. The largest absolute Gasteiger partial charge is 0.371 e. The molecule has 0 unspecified atom stereocenters. The summed E-state index contributed by atoms with van der Waals surface area (Å²) in [6.07, 6.45) is 6.13. The average Bonchev–Trinajstić information content (AvgIpc) is 3.23. The molecule has 0 bridgehead atoms. The lowest BCUT2D eigenvalue weighted by Gasteiger charge is -2.27. The molecule has 1 heteroatoms. The fraction of sp³-hybridized carbons (Fsp3) is 0.444. The van der Waals surface area contributed by atoms with Crippen LogP contribution in [0.15, 0.2) is 48.2 Å². The van der Waals surface area contributed by atoms with Gasteiger partial charge in [0.1, 0.15) is 0 Å². The van der Waals surface area contributed by atoms with Gasteiger partial charge in [0.25, 0.3) is 0 Å². The molecule has 1 aliphatic carbocycles. The Morgan fingerprint density at radius 3 is 2.58 bits per heavy atom. The average molecular weight is 255 g/mol. The lowest BCUT2D eigenvalue weighted by molar-refractivity contribution is 0.355. The monoisotopic (exact) mass is 255 g/mol. The maximum absolute atomic E-state index is 4.29. The molecular weight excluding hydrogens is 230 g/mol. The van der Waals surface area contributed by atoms with E-state index in [4.69, 9.17) is 0 Å². The van der Waals surface area contributed by atoms with Crippen molar-refractivity contribution in [1.29, 1.82) is 0 Å². The summed E-state index contributed by atoms with van der Waals surface area (Å²) in [5.74, 6) is 0.760. The zero-order valence-electron chi connectivity index (χ0n) is 12.2. The van der Waals surface area contributed by atoms with Crippen molar-refractivity contribution in [3.63, 3.8) is 0 Å². The van der Waals surface area contributed by atoms with Crippen molar-refractivity contribution in [3.05, 3.63) is 53.7 Å². The summed E-state index contributed by atoms with van der Waals surface area (Å²) in [5.41, 5.74) is 4.04. The van der Waals surface area contributed by atoms with Gasteiger partial charge in [-0.1, -0.05) is 55.5 Å².